The largest absolute Gasteiger partial charge is 0.342 e. The maximum absolute atomic E-state index is 11.9. The molecule has 0 aliphatic carbocycles. The van der Waals surface area contributed by atoms with Crippen LogP contribution in [0, 0.1) is 11.8 Å². The van der Waals surface area contributed by atoms with Crippen LogP contribution in [0.4, 0.5) is 0 Å². The molecule has 2 rings (SSSR count). The molecule has 2 heteroatoms. The van der Waals surface area contributed by atoms with Crippen LogP contribution in [0.5, 0.6) is 0 Å². The Balaban J connectivity index is 2.43. The zero-order chi connectivity index (χ0) is 9.59. The van der Waals surface area contributed by atoms with E-state index in [1.54, 1.807) is 0 Å². The van der Waals surface area contributed by atoms with E-state index in [1.165, 1.54) is 0 Å². The molecule has 0 saturated carbocycles. The number of ketones is 1. The molecule has 0 spiro atoms. The Labute approximate surface area is 78.6 Å². The van der Waals surface area contributed by atoms with E-state index in [9.17, 15) is 4.79 Å². The number of nitrogens with zero attached hydrogens (tertiary/aromatic N) is 1. The molecule has 70 valence electrons. The number of hydrogen-bond acceptors (Lipinski definition) is 1. The van der Waals surface area contributed by atoms with E-state index in [4.69, 9.17) is 0 Å². The van der Waals surface area contributed by atoms with E-state index in [2.05, 4.69) is 25.3 Å². The van der Waals surface area contributed by atoms with E-state index >= 15 is 0 Å². The molecule has 0 unspecified atom stereocenters. The molecule has 1 aromatic heterocycles. The van der Waals surface area contributed by atoms with Gasteiger partial charge in [-0.25, -0.2) is 0 Å². The third kappa shape index (κ3) is 1.05. The first kappa shape index (κ1) is 8.54. The Morgan fingerprint density at radius 2 is 2.15 bits per heavy atom. The molecule has 0 radical (unpaired) electrons. The Bertz CT molecular complexity index is 338. The molecule has 2 atom stereocenters. The summed E-state index contributed by atoms with van der Waals surface area (Å²) in [4.78, 5) is 11.9. The van der Waals surface area contributed by atoms with E-state index in [0.29, 0.717) is 17.7 Å². The summed E-state index contributed by atoms with van der Waals surface area (Å²) in [5.41, 5.74) is 0.881. The first-order chi connectivity index (χ1) is 6.13. The van der Waals surface area contributed by atoms with Crippen molar-refractivity contribution < 1.29 is 4.79 Å². The quantitative estimate of drug-likeness (QED) is 0.646. The van der Waals surface area contributed by atoms with Gasteiger partial charge in [-0.3, -0.25) is 4.79 Å². The van der Waals surface area contributed by atoms with Gasteiger partial charge in [0.2, 0.25) is 0 Å². The highest BCUT2D eigenvalue weighted by molar-refractivity contribution is 5.99. The van der Waals surface area contributed by atoms with E-state index in [0.717, 1.165) is 5.69 Å². The first-order valence-corrected chi connectivity index (χ1v) is 4.84. The molecule has 0 amide bonds. The highest BCUT2D eigenvalue weighted by Crippen LogP contribution is 2.35. The summed E-state index contributed by atoms with van der Waals surface area (Å²) >= 11 is 0. The van der Waals surface area contributed by atoms with Gasteiger partial charge >= 0.3 is 0 Å². The van der Waals surface area contributed by atoms with Crippen LogP contribution in [0.25, 0.3) is 0 Å². The number of carbonyl (C=O) groups is 1. The van der Waals surface area contributed by atoms with Crippen molar-refractivity contribution in [2.75, 3.05) is 0 Å². The predicted octanol–water partition coefficient (Wildman–Crippen LogP) is 2.52. The number of hydrogen-bond donors (Lipinski definition) is 0. The Morgan fingerprint density at radius 1 is 1.46 bits per heavy atom. The second kappa shape index (κ2) is 2.72. The molecule has 2 nitrogen and oxygen atoms in total. The average Bonchev–Trinajstić information content (AvgIpc) is 2.56. The van der Waals surface area contributed by atoms with Crippen molar-refractivity contribution in [1.29, 1.82) is 0 Å². The molecule has 0 fully saturated rings. The van der Waals surface area contributed by atoms with E-state index in [1.807, 2.05) is 18.3 Å². The van der Waals surface area contributed by atoms with Crippen LogP contribution in [0.15, 0.2) is 18.3 Å². The summed E-state index contributed by atoms with van der Waals surface area (Å²) in [5, 5.41) is 0. The van der Waals surface area contributed by atoms with Crippen molar-refractivity contribution in [3.05, 3.63) is 24.0 Å². The topological polar surface area (TPSA) is 22.0 Å². The number of rotatable bonds is 1. The molecule has 1 aromatic rings. The molecule has 1 aliphatic rings. The summed E-state index contributed by atoms with van der Waals surface area (Å²) in [6.45, 7) is 6.36. The van der Waals surface area contributed by atoms with Gasteiger partial charge in [0.05, 0.1) is 5.69 Å². The van der Waals surface area contributed by atoms with Gasteiger partial charge in [0.25, 0.3) is 0 Å². The third-order valence-corrected chi connectivity index (χ3v) is 3.01. The van der Waals surface area contributed by atoms with Crippen LogP contribution in [0.3, 0.4) is 0 Å². The summed E-state index contributed by atoms with van der Waals surface area (Å²) in [5.74, 6) is 0.922. The van der Waals surface area contributed by atoms with Gasteiger partial charge in [0, 0.05) is 18.2 Å². The van der Waals surface area contributed by atoms with Crippen LogP contribution >= 0.6 is 0 Å². The monoisotopic (exact) mass is 177 g/mol. The van der Waals surface area contributed by atoms with Crippen molar-refractivity contribution >= 4 is 5.78 Å². The van der Waals surface area contributed by atoms with Gasteiger partial charge in [0.15, 0.2) is 5.78 Å². The molecule has 0 saturated heterocycles. The standard InChI is InChI=1S/C11H15NO/c1-7(2)10-8(3)12-6-4-5-9(12)11(10)13/h4-8,10H,1-3H3/t8-,10+/m1/s1. The van der Waals surface area contributed by atoms with Gasteiger partial charge in [0.1, 0.15) is 0 Å². The van der Waals surface area contributed by atoms with Crippen molar-refractivity contribution in [3.8, 4) is 0 Å². The molecule has 2 heterocycles. The van der Waals surface area contributed by atoms with Gasteiger partial charge in [-0.15, -0.1) is 0 Å². The first-order valence-electron chi connectivity index (χ1n) is 4.84. The maximum Gasteiger partial charge on any atom is 0.184 e. The minimum absolute atomic E-state index is 0.177. The van der Waals surface area contributed by atoms with Crippen LogP contribution in [-0.4, -0.2) is 10.4 Å². The van der Waals surface area contributed by atoms with Crippen LogP contribution in [-0.2, 0) is 0 Å². The normalized spacial score (nSPS) is 26.9. The Morgan fingerprint density at radius 3 is 2.69 bits per heavy atom. The maximum atomic E-state index is 11.9. The Kier molecular flexibility index (Phi) is 1.79. The number of Topliss-reactive ketones (excluding diaryl/α,β-unsaturated/α-hetero) is 1. The number of carbonyl (C=O) groups excluding carboxylic acids is 1. The minimum atomic E-state index is 0.177. The zero-order valence-electron chi connectivity index (χ0n) is 8.32. The second-order valence-corrected chi connectivity index (χ2v) is 4.18. The van der Waals surface area contributed by atoms with Crippen molar-refractivity contribution in [2.45, 2.75) is 26.8 Å². The summed E-state index contributed by atoms with van der Waals surface area (Å²) in [6.07, 6.45) is 2.00. The summed E-state index contributed by atoms with van der Waals surface area (Å²) < 4.78 is 2.09. The van der Waals surface area contributed by atoms with Crippen molar-refractivity contribution in [2.24, 2.45) is 11.8 Å². The molecule has 0 aromatic carbocycles. The average molecular weight is 177 g/mol. The van der Waals surface area contributed by atoms with E-state index < -0.39 is 0 Å². The molecule has 13 heavy (non-hydrogen) atoms. The molecule has 1 aliphatic heterocycles. The van der Waals surface area contributed by atoms with Gasteiger partial charge in [-0.1, -0.05) is 13.8 Å². The predicted molar refractivity (Wildman–Crippen MR) is 51.8 cm³/mol. The SMILES string of the molecule is CC(C)[C@@H]1C(=O)c2cccn2[C@@H]1C. The lowest BCUT2D eigenvalue weighted by Crippen LogP contribution is -2.19. The highest BCUT2D eigenvalue weighted by Gasteiger charge is 2.37. The summed E-state index contributed by atoms with van der Waals surface area (Å²) in [7, 11) is 0. The van der Waals surface area contributed by atoms with Crippen LogP contribution in [0.2, 0.25) is 0 Å². The third-order valence-electron chi connectivity index (χ3n) is 3.01. The number of fused-ring (bicyclic) bond motifs is 1. The molecule has 0 N–H and O–H groups in total. The Hall–Kier alpha value is -1.05. The minimum Gasteiger partial charge on any atom is -0.342 e. The smallest absolute Gasteiger partial charge is 0.184 e. The van der Waals surface area contributed by atoms with Crippen LogP contribution in [0.1, 0.15) is 37.3 Å². The fourth-order valence-electron chi connectivity index (χ4n) is 2.38. The fraction of sp³-hybridized carbons (Fsp3) is 0.545. The lowest BCUT2D eigenvalue weighted by molar-refractivity contribution is 0.0887. The van der Waals surface area contributed by atoms with E-state index in [-0.39, 0.29) is 5.92 Å². The highest BCUT2D eigenvalue weighted by atomic mass is 16.1. The van der Waals surface area contributed by atoms with Gasteiger partial charge in [-0.2, -0.15) is 0 Å². The second-order valence-electron chi connectivity index (χ2n) is 4.18. The lowest BCUT2D eigenvalue weighted by atomic mass is 9.87. The van der Waals surface area contributed by atoms with Crippen molar-refractivity contribution in [1.82, 2.24) is 4.57 Å². The zero-order valence-corrected chi connectivity index (χ0v) is 8.32. The molecular formula is C11H15NO. The lowest BCUT2D eigenvalue weighted by Gasteiger charge is -2.18. The summed E-state index contributed by atoms with van der Waals surface area (Å²) in [6, 6.07) is 4.19. The fourth-order valence-corrected chi connectivity index (χ4v) is 2.38. The van der Waals surface area contributed by atoms with Crippen molar-refractivity contribution in [3.63, 3.8) is 0 Å². The van der Waals surface area contributed by atoms with Crippen LogP contribution < -0.4 is 0 Å². The number of aromatic nitrogens is 1. The molecule has 0 bridgehead atoms. The van der Waals surface area contributed by atoms with Gasteiger partial charge in [-0.05, 0) is 25.0 Å². The molecular weight excluding hydrogens is 162 g/mol. The van der Waals surface area contributed by atoms with Gasteiger partial charge < -0.3 is 4.57 Å².